The second-order valence-electron chi connectivity index (χ2n) is 6.28. The van der Waals surface area contributed by atoms with Gasteiger partial charge in [-0.25, -0.2) is 0 Å². The zero-order chi connectivity index (χ0) is 20.5. The zero-order valence-electron chi connectivity index (χ0n) is 16.1. The molecule has 6 heteroatoms. The summed E-state index contributed by atoms with van der Waals surface area (Å²) in [7, 11) is 0. The van der Waals surface area contributed by atoms with Crippen molar-refractivity contribution in [3.05, 3.63) is 95.6 Å². The lowest BCUT2D eigenvalue weighted by Gasteiger charge is -2.13. The number of hydrogen-bond acceptors (Lipinski definition) is 4. The van der Waals surface area contributed by atoms with Crippen molar-refractivity contribution in [1.82, 2.24) is 10.9 Å². The maximum Gasteiger partial charge on any atom is 0.273 e. The molecule has 0 spiro atoms. The highest BCUT2D eigenvalue weighted by Gasteiger charge is 2.13. The zero-order valence-corrected chi connectivity index (χ0v) is 16.1. The summed E-state index contributed by atoms with van der Waals surface area (Å²) in [6.45, 7) is 2.55. The smallest absolute Gasteiger partial charge is 0.273 e. The maximum atomic E-state index is 12.5. The van der Waals surface area contributed by atoms with E-state index >= 15 is 0 Å². The van der Waals surface area contributed by atoms with Gasteiger partial charge in [-0.05, 0) is 43.3 Å². The van der Waals surface area contributed by atoms with Crippen LogP contribution < -0.4 is 20.3 Å². The van der Waals surface area contributed by atoms with Gasteiger partial charge in [0.2, 0.25) is 0 Å². The third-order valence-electron chi connectivity index (χ3n) is 4.09. The van der Waals surface area contributed by atoms with Gasteiger partial charge in [-0.1, -0.05) is 48.0 Å². The summed E-state index contributed by atoms with van der Waals surface area (Å²) in [6, 6.07) is 23.3. The fourth-order valence-corrected chi connectivity index (χ4v) is 2.57. The lowest BCUT2D eigenvalue weighted by molar-refractivity contribution is 0.0844. The topological polar surface area (TPSA) is 76.7 Å². The number of rotatable bonds is 7. The van der Waals surface area contributed by atoms with Crippen LogP contribution >= 0.6 is 0 Å². The van der Waals surface area contributed by atoms with Gasteiger partial charge in [-0.2, -0.15) is 0 Å². The molecule has 0 aromatic heterocycles. The van der Waals surface area contributed by atoms with Crippen LogP contribution in [-0.2, 0) is 0 Å². The van der Waals surface area contributed by atoms with Gasteiger partial charge >= 0.3 is 0 Å². The number of nitrogens with one attached hydrogen (secondary N) is 2. The first-order valence-corrected chi connectivity index (χ1v) is 9.20. The van der Waals surface area contributed by atoms with Crippen LogP contribution in [0.4, 0.5) is 0 Å². The monoisotopic (exact) mass is 390 g/mol. The minimum Gasteiger partial charge on any atom is -0.490 e. The summed E-state index contributed by atoms with van der Waals surface area (Å²) >= 11 is 0. The third-order valence-corrected chi connectivity index (χ3v) is 4.09. The average Bonchev–Trinajstić information content (AvgIpc) is 2.76. The molecule has 0 fully saturated rings. The number of amides is 2. The quantitative estimate of drug-likeness (QED) is 0.478. The van der Waals surface area contributed by atoms with Gasteiger partial charge in [0.25, 0.3) is 11.8 Å². The van der Waals surface area contributed by atoms with Gasteiger partial charge in [0.15, 0.2) is 0 Å². The highest BCUT2D eigenvalue weighted by atomic mass is 16.5. The standard InChI is InChI=1S/C23H22N2O4/c1-17-11-13-18(14-12-17)22(26)24-25-23(27)20-9-5-6-10-21(20)29-16-15-28-19-7-3-2-4-8-19/h2-14H,15-16H2,1H3,(H,24,26)(H,25,27). The second-order valence-corrected chi connectivity index (χ2v) is 6.28. The Kier molecular flexibility index (Phi) is 6.84. The molecule has 0 unspecified atom stereocenters. The first-order valence-electron chi connectivity index (χ1n) is 9.20. The molecule has 0 saturated carbocycles. The Bertz CT molecular complexity index is 956. The van der Waals surface area contributed by atoms with E-state index in [4.69, 9.17) is 9.47 Å². The number of para-hydroxylation sites is 2. The molecule has 0 bridgehead atoms. The summed E-state index contributed by atoms with van der Waals surface area (Å²) in [4.78, 5) is 24.6. The second kappa shape index (κ2) is 9.94. The number of benzene rings is 3. The fraction of sp³-hybridized carbons (Fsp3) is 0.130. The number of aryl methyl sites for hydroxylation is 1. The summed E-state index contributed by atoms with van der Waals surface area (Å²) in [5.74, 6) is 0.297. The van der Waals surface area contributed by atoms with E-state index in [2.05, 4.69) is 10.9 Å². The maximum absolute atomic E-state index is 12.5. The van der Waals surface area contributed by atoms with Crippen LogP contribution in [0, 0.1) is 6.92 Å². The number of hydrazine groups is 1. The van der Waals surface area contributed by atoms with Crippen molar-refractivity contribution >= 4 is 11.8 Å². The average molecular weight is 390 g/mol. The van der Waals surface area contributed by atoms with E-state index in [9.17, 15) is 9.59 Å². The molecule has 29 heavy (non-hydrogen) atoms. The van der Waals surface area contributed by atoms with Crippen molar-refractivity contribution in [2.24, 2.45) is 0 Å². The molecule has 2 amide bonds. The van der Waals surface area contributed by atoms with Crippen LogP contribution in [0.2, 0.25) is 0 Å². The molecule has 0 aliphatic rings. The number of carbonyl (C=O) groups excluding carboxylic acids is 2. The molecule has 3 aromatic carbocycles. The molecule has 3 rings (SSSR count). The minimum absolute atomic E-state index is 0.273. The summed E-state index contributed by atoms with van der Waals surface area (Å²) in [5.41, 5.74) is 6.65. The van der Waals surface area contributed by atoms with E-state index < -0.39 is 11.8 Å². The van der Waals surface area contributed by atoms with E-state index in [1.165, 1.54) is 0 Å². The van der Waals surface area contributed by atoms with Gasteiger partial charge in [0.05, 0.1) is 5.56 Å². The van der Waals surface area contributed by atoms with Crippen LogP contribution in [0.5, 0.6) is 11.5 Å². The Hall–Kier alpha value is -3.80. The molecular formula is C23H22N2O4. The normalized spacial score (nSPS) is 10.1. The van der Waals surface area contributed by atoms with Gasteiger partial charge in [-0.15, -0.1) is 0 Å². The Morgan fingerprint density at radius 2 is 1.34 bits per heavy atom. The van der Waals surface area contributed by atoms with Crippen molar-refractivity contribution in [3.8, 4) is 11.5 Å². The van der Waals surface area contributed by atoms with Crippen LogP contribution in [0.15, 0.2) is 78.9 Å². The largest absolute Gasteiger partial charge is 0.490 e. The highest BCUT2D eigenvalue weighted by molar-refractivity contribution is 6.00. The van der Waals surface area contributed by atoms with Gasteiger partial charge in [0.1, 0.15) is 24.7 Å². The lowest BCUT2D eigenvalue weighted by atomic mass is 10.1. The van der Waals surface area contributed by atoms with E-state index in [1.54, 1.807) is 36.4 Å². The Morgan fingerprint density at radius 3 is 2.10 bits per heavy atom. The van der Waals surface area contributed by atoms with Crippen molar-refractivity contribution in [2.75, 3.05) is 13.2 Å². The van der Waals surface area contributed by atoms with Crippen LogP contribution in [0.25, 0.3) is 0 Å². The van der Waals surface area contributed by atoms with Gasteiger partial charge < -0.3 is 9.47 Å². The molecule has 0 saturated heterocycles. The molecule has 0 heterocycles. The Morgan fingerprint density at radius 1 is 0.724 bits per heavy atom. The van der Waals surface area contributed by atoms with Gasteiger partial charge in [0, 0.05) is 5.56 Å². The first kappa shape index (κ1) is 19.9. The molecule has 3 aromatic rings. The predicted octanol–water partition coefficient (Wildman–Crippen LogP) is 3.53. The van der Waals surface area contributed by atoms with Crippen molar-refractivity contribution in [2.45, 2.75) is 6.92 Å². The molecule has 2 N–H and O–H groups in total. The molecule has 0 aliphatic carbocycles. The van der Waals surface area contributed by atoms with Crippen molar-refractivity contribution in [3.63, 3.8) is 0 Å². The van der Waals surface area contributed by atoms with Crippen LogP contribution in [0.3, 0.4) is 0 Å². The fourth-order valence-electron chi connectivity index (χ4n) is 2.57. The third kappa shape index (κ3) is 5.84. The minimum atomic E-state index is -0.468. The summed E-state index contributed by atoms with van der Waals surface area (Å²) < 4.78 is 11.3. The Balaban J connectivity index is 1.52. The number of carbonyl (C=O) groups is 2. The first-order chi connectivity index (χ1) is 14.1. The van der Waals surface area contributed by atoms with E-state index in [-0.39, 0.29) is 6.61 Å². The molecule has 0 radical (unpaired) electrons. The molecule has 0 atom stereocenters. The van der Waals surface area contributed by atoms with Crippen molar-refractivity contribution in [1.29, 1.82) is 0 Å². The lowest BCUT2D eigenvalue weighted by Crippen LogP contribution is -2.41. The number of ether oxygens (including phenoxy) is 2. The van der Waals surface area contributed by atoms with E-state index in [1.807, 2.05) is 49.4 Å². The molecular weight excluding hydrogens is 368 g/mol. The van der Waals surface area contributed by atoms with Crippen molar-refractivity contribution < 1.29 is 19.1 Å². The van der Waals surface area contributed by atoms with E-state index in [0.29, 0.717) is 23.5 Å². The predicted molar refractivity (Wildman–Crippen MR) is 110 cm³/mol. The molecule has 148 valence electrons. The summed E-state index contributed by atoms with van der Waals surface area (Å²) in [6.07, 6.45) is 0. The van der Waals surface area contributed by atoms with E-state index in [0.717, 1.165) is 11.3 Å². The molecule has 0 aliphatic heterocycles. The Labute approximate surface area is 169 Å². The molecule has 6 nitrogen and oxygen atoms in total. The van der Waals surface area contributed by atoms with Gasteiger partial charge in [-0.3, -0.25) is 20.4 Å². The number of hydrogen-bond donors (Lipinski definition) is 2. The summed E-state index contributed by atoms with van der Waals surface area (Å²) in [5, 5.41) is 0. The SMILES string of the molecule is Cc1ccc(C(=O)NNC(=O)c2ccccc2OCCOc2ccccc2)cc1. The van der Waals surface area contributed by atoms with Crippen LogP contribution in [-0.4, -0.2) is 25.0 Å². The highest BCUT2D eigenvalue weighted by Crippen LogP contribution is 2.18. The van der Waals surface area contributed by atoms with Crippen LogP contribution in [0.1, 0.15) is 26.3 Å².